The molecule has 86 valence electrons. The highest BCUT2D eigenvalue weighted by Crippen LogP contribution is 2.23. The van der Waals surface area contributed by atoms with Crippen LogP contribution in [0.15, 0.2) is 0 Å². The minimum Gasteiger partial charge on any atom is -0.481 e. The van der Waals surface area contributed by atoms with Crippen molar-refractivity contribution in [3.05, 3.63) is 0 Å². The first kappa shape index (κ1) is 12.0. The van der Waals surface area contributed by atoms with Gasteiger partial charge in [-0.3, -0.25) is 9.59 Å². The first-order chi connectivity index (χ1) is 7.11. The number of hydrogen-bond acceptors (Lipinski definition) is 3. The third-order valence-electron chi connectivity index (χ3n) is 2.72. The number of hydrogen-bond donors (Lipinski definition) is 2. The van der Waals surface area contributed by atoms with E-state index in [0.29, 0.717) is 13.2 Å². The van der Waals surface area contributed by atoms with E-state index in [2.05, 4.69) is 5.32 Å². The highest BCUT2D eigenvalue weighted by molar-refractivity contribution is 5.75. The third-order valence-corrected chi connectivity index (χ3v) is 2.72. The van der Waals surface area contributed by atoms with Gasteiger partial charge in [-0.05, 0) is 18.8 Å². The van der Waals surface area contributed by atoms with Crippen LogP contribution in [0.4, 0.5) is 0 Å². The summed E-state index contributed by atoms with van der Waals surface area (Å²) < 4.78 is 5.17. The molecule has 1 aliphatic heterocycles. The van der Waals surface area contributed by atoms with E-state index in [9.17, 15) is 9.59 Å². The molecule has 15 heavy (non-hydrogen) atoms. The summed E-state index contributed by atoms with van der Waals surface area (Å²) in [6.07, 6.45) is 1.52. The first-order valence-corrected chi connectivity index (χ1v) is 5.16. The molecule has 1 fully saturated rings. The van der Waals surface area contributed by atoms with Crippen molar-refractivity contribution in [1.29, 1.82) is 0 Å². The predicted molar refractivity (Wildman–Crippen MR) is 53.4 cm³/mol. The van der Waals surface area contributed by atoms with E-state index >= 15 is 0 Å². The van der Waals surface area contributed by atoms with Gasteiger partial charge in [0.25, 0.3) is 0 Å². The summed E-state index contributed by atoms with van der Waals surface area (Å²) >= 11 is 0. The van der Waals surface area contributed by atoms with E-state index < -0.39 is 11.9 Å². The van der Waals surface area contributed by atoms with E-state index in [1.165, 1.54) is 6.92 Å². The molecular weight excluding hydrogens is 198 g/mol. The van der Waals surface area contributed by atoms with Crippen molar-refractivity contribution in [3.8, 4) is 0 Å². The Kier molecular flexibility index (Phi) is 4.55. The van der Waals surface area contributed by atoms with Gasteiger partial charge in [0, 0.05) is 26.7 Å². The molecule has 0 aromatic rings. The summed E-state index contributed by atoms with van der Waals surface area (Å²) in [5, 5.41) is 11.6. The normalized spacial score (nSPS) is 19.5. The van der Waals surface area contributed by atoms with Crippen molar-refractivity contribution in [2.24, 2.45) is 11.8 Å². The largest absolute Gasteiger partial charge is 0.481 e. The van der Waals surface area contributed by atoms with Gasteiger partial charge in [0.05, 0.1) is 5.92 Å². The fourth-order valence-corrected chi connectivity index (χ4v) is 1.83. The van der Waals surface area contributed by atoms with Gasteiger partial charge in [0.15, 0.2) is 0 Å². The molecule has 0 aromatic carbocycles. The molecule has 1 atom stereocenters. The first-order valence-electron chi connectivity index (χ1n) is 5.16. The fraction of sp³-hybridized carbons (Fsp3) is 0.800. The smallest absolute Gasteiger partial charge is 0.308 e. The van der Waals surface area contributed by atoms with Crippen molar-refractivity contribution in [3.63, 3.8) is 0 Å². The number of rotatable bonds is 4. The predicted octanol–water partition coefficient (Wildman–Crippen LogP) is 0.250. The van der Waals surface area contributed by atoms with Gasteiger partial charge in [-0.1, -0.05) is 0 Å². The van der Waals surface area contributed by atoms with Crippen LogP contribution in [0.3, 0.4) is 0 Å². The lowest BCUT2D eigenvalue weighted by atomic mass is 9.86. The second kappa shape index (κ2) is 5.70. The topological polar surface area (TPSA) is 75.6 Å². The zero-order valence-electron chi connectivity index (χ0n) is 8.86. The number of aliphatic carboxylic acids is 1. The molecule has 0 spiro atoms. The zero-order chi connectivity index (χ0) is 11.3. The molecule has 1 amide bonds. The summed E-state index contributed by atoms with van der Waals surface area (Å²) in [4.78, 5) is 21.7. The molecule has 1 rings (SSSR count). The fourth-order valence-electron chi connectivity index (χ4n) is 1.83. The number of nitrogens with one attached hydrogen (secondary N) is 1. The molecule has 0 aliphatic carbocycles. The highest BCUT2D eigenvalue weighted by atomic mass is 16.5. The summed E-state index contributed by atoms with van der Waals surface area (Å²) in [5.41, 5.74) is 0. The van der Waals surface area contributed by atoms with Crippen LogP contribution in [0.1, 0.15) is 19.8 Å². The number of carbonyl (C=O) groups is 2. The van der Waals surface area contributed by atoms with E-state index in [1.807, 2.05) is 0 Å². The molecule has 0 radical (unpaired) electrons. The summed E-state index contributed by atoms with van der Waals surface area (Å²) in [6.45, 7) is 2.85. The van der Waals surface area contributed by atoms with Gasteiger partial charge < -0.3 is 15.2 Å². The summed E-state index contributed by atoms with van der Waals surface area (Å²) in [7, 11) is 0. The van der Waals surface area contributed by atoms with E-state index in [4.69, 9.17) is 9.84 Å². The Balaban J connectivity index is 2.48. The molecule has 0 saturated carbocycles. The summed E-state index contributed by atoms with van der Waals surface area (Å²) in [5.74, 6) is -1.40. The molecule has 5 heteroatoms. The lowest BCUT2D eigenvalue weighted by Gasteiger charge is -2.27. The Hall–Kier alpha value is -1.10. The van der Waals surface area contributed by atoms with Gasteiger partial charge in [0.1, 0.15) is 0 Å². The molecule has 5 nitrogen and oxygen atoms in total. The second-order valence-corrected chi connectivity index (χ2v) is 3.83. The van der Waals surface area contributed by atoms with Crippen LogP contribution in [0.2, 0.25) is 0 Å². The van der Waals surface area contributed by atoms with Crippen LogP contribution >= 0.6 is 0 Å². The van der Waals surface area contributed by atoms with Crippen molar-refractivity contribution < 1.29 is 19.4 Å². The van der Waals surface area contributed by atoms with Crippen molar-refractivity contribution in [2.45, 2.75) is 19.8 Å². The maximum Gasteiger partial charge on any atom is 0.308 e. The highest BCUT2D eigenvalue weighted by Gasteiger charge is 2.29. The van der Waals surface area contributed by atoms with Crippen LogP contribution < -0.4 is 5.32 Å². The molecule has 1 saturated heterocycles. The monoisotopic (exact) mass is 215 g/mol. The molecular formula is C10H17NO4. The Morgan fingerprint density at radius 2 is 2.07 bits per heavy atom. The van der Waals surface area contributed by atoms with E-state index in [-0.39, 0.29) is 18.4 Å². The van der Waals surface area contributed by atoms with E-state index in [0.717, 1.165) is 12.8 Å². The molecule has 2 N–H and O–H groups in total. The number of amides is 1. The van der Waals surface area contributed by atoms with Gasteiger partial charge >= 0.3 is 5.97 Å². The van der Waals surface area contributed by atoms with Crippen molar-refractivity contribution in [2.75, 3.05) is 19.8 Å². The van der Waals surface area contributed by atoms with Crippen LogP contribution in [-0.4, -0.2) is 36.7 Å². The third kappa shape index (κ3) is 3.87. The number of carbonyl (C=O) groups excluding carboxylic acids is 1. The number of carboxylic acids is 1. The molecule has 0 aromatic heterocycles. The minimum absolute atomic E-state index is 0.114. The van der Waals surface area contributed by atoms with Crippen LogP contribution in [-0.2, 0) is 14.3 Å². The molecule has 1 aliphatic rings. The van der Waals surface area contributed by atoms with E-state index in [1.54, 1.807) is 0 Å². The summed E-state index contributed by atoms with van der Waals surface area (Å²) in [6, 6.07) is 0. The maximum absolute atomic E-state index is 11.0. The SMILES string of the molecule is CC(=O)NCC(C(=O)O)C1CCOCC1. The lowest BCUT2D eigenvalue weighted by Crippen LogP contribution is -2.38. The van der Waals surface area contributed by atoms with Crippen molar-refractivity contribution >= 4 is 11.9 Å². The minimum atomic E-state index is -0.837. The number of ether oxygens (including phenoxy) is 1. The van der Waals surface area contributed by atoms with Gasteiger partial charge in [-0.15, -0.1) is 0 Å². The Morgan fingerprint density at radius 3 is 2.53 bits per heavy atom. The zero-order valence-corrected chi connectivity index (χ0v) is 8.86. The Labute approximate surface area is 88.8 Å². The maximum atomic E-state index is 11.0. The number of carboxylic acid groups (broad SMARTS) is 1. The average Bonchev–Trinajstić information content (AvgIpc) is 2.18. The van der Waals surface area contributed by atoms with Gasteiger partial charge in [0.2, 0.25) is 5.91 Å². The average molecular weight is 215 g/mol. The Bertz CT molecular complexity index is 236. The molecule has 1 heterocycles. The molecule has 1 unspecified atom stereocenters. The molecule has 0 bridgehead atoms. The van der Waals surface area contributed by atoms with Crippen LogP contribution in [0.5, 0.6) is 0 Å². The second-order valence-electron chi connectivity index (χ2n) is 3.83. The quantitative estimate of drug-likeness (QED) is 0.705. The van der Waals surface area contributed by atoms with Gasteiger partial charge in [-0.2, -0.15) is 0 Å². The Morgan fingerprint density at radius 1 is 1.47 bits per heavy atom. The van der Waals surface area contributed by atoms with Crippen LogP contribution in [0, 0.1) is 11.8 Å². The lowest BCUT2D eigenvalue weighted by molar-refractivity contribution is -0.144. The van der Waals surface area contributed by atoms with Gasteiger partial charge in [-0.25, -0.2) is 0 Å². The standard InChI is InChI=1S/C10H17NO4/c1-7(12)11-6-9(10(13)14)8-2-4-15-5-3-8/h8-9H,2-6H2,1H3,(H,11,12)(H,13,14). The van der Waals surface area contributed by atoms with Crippen LogP contribution in [0.25, 0.3) is 0 Å². The van der Waals surface area contributed by atoms with Crippen molar-refractivity contribution in [1.82, 2.24) is 5.32 Å².